The molecule has 9 nitrogen and oxygen atoms in total. The highest BCUT2D eigenvalue weighted by Crippen LogP contribution is 2.26. The van der Waals surface area contributed by atoms with Gasteiger partial charge in [-0.3, -0.25) is 9.30 Å². The molecule has 1 N–H and O–H groups in total. The highest BCUT2D eigenvalue weighted by molar-refractivity contribution is 5.66. The Bertz CT molecular complexity index is 1580. The Kier molecular flexibility index (Phi) is 8.06. The first-order chi connectivity index (χ1) is 20.1. The summed E-state index contributed by atoms with van der Waals surface area (Å²) < 4.78 is 13.2. The molecular formula is C32H33N5O4. The normalized spacial score (nSPS) is 14.0. The summed E-state index contributed by atoms with van der Waals surface area (Å²) in [6.07, 6.45) is 3.72. The molecule has 6 rings (SSSR count). The number of morpholine rings is 1. The molecule has 0 radical (unpaired) electrons. The molecule has 3 aromatic heterocycles. The molecule has 5 aromatic rings. The van der Waals surface area contributed by atoms with Crippen molar-refractivity contribution in [3.63, 3.8) is 0 Å². The highest BCUT2D eigenvalue weighted by atomic mass is 16.5. The molecule has 41 heavy (non-hydrogen) atoms. The van der Waals surface area contributed by atoms with Gasteiger partial charge in [-0.05, 0) is 17.7 Å². The van der Waals surface area contributed by atoms with E-state index >= 15 is 0 Å². The van der Waals surface area contributed by atoms with E-state index in [0.717, 1.165) is 58.4 Å². The number of carboxylic acid groups (broad SMARTS) is 1. The number of hydrogen-bond acceptors (Lipinski definition) is 6. The lowest BCUT2D eigenvalue weighted by Crippen LogP contribution is -2.42. The van der Waals surface area contributed by atoms with Gasteiger partial charge in [0.05, 0.1) is 55.2 Å². The van der Waals surface area contributed by atoms with E-state index in [-0.39, 0.29) is 6.54 Å². The predicted octanol–water partition coefficient (Wildman–Crippen LogP) is 4.98. The summed E-state index contributed by atoms with van der Waals surface area (Å²) in [6, 6.07) is 24.0. The van der Waals surface area contributed by atoms with E-state index in [1.807, 2.05) is 71.3 Å². The van der Waals surface area contributed by atoms with Crippen LogP contribution in [0.4, 0.5) is 4.79 Å². The van der Waals surface area contributed by atoms with Crippen molar-refractivity contribution in [2.45, 2.75) is 19.4 Å². The van der Waals surface area contributed by atoms with Crippen LogP contribution in [0, 0.1) is 0 Å². The zero-order valence-corrected chi connectivity index (χ0v) is 22.9. The number of rotatable bonds is 10. The quantitative estimate of drug-likeness (QED) is 0.261. The maximum Gasteiger partial charge on any atom is 0.407 e. The monoisotopic (exact) mass is 551 g/mol. The van der Waals surface area contributed by atoms with Crippen LogP contribution in [0.2, 0.25) is 0 Å². The van der Waals surface area contributed by atoms with E-state index in [1.54, 1.807) is 6.26 Å². The van der Waals surface area contributed by atoms with Gasteiger partial charge in [-0.1, -0.05) is 60.7 Å². The number of hydrogen-bond donors (Lipinski definition) is 1. The minimum Gasteiger partial charge on any atom is -0.469 e. The van der Waals surface area contributed by atoms with Crippen molar-refractivity contribution in [1.29, 1.82) is 0 Å². The zero-order chi connectivity index (χ0) is 28.0. The lowest BCUT2D eigenvalue weighted by Gasteiger charge is -2.29. The van der Waals surface area contributed by atoms with Crippen LogP contribution in [0.5, 0.6) is 0 Å². The summed E-state index contributed by atoms with van der Waals surface area (Å²) in [5.41, 5.74) is 6.07. The molecule has 0 unspecified atom stereocenters. The molecule has 0 atom stereocenters. The molecule has 1 saturated heterocycles. The van der Waals surface area contributed by atoms with E-state index in [4.69, 9.17) is 19.1 Å². The number of imidazole rings is 1. The van der Waals surface area contributed by atoms with Crippen LogP contribution >= 0.6 is 0 Å². The number of carbonyl (C=O) groups is 1. The first-order valence-corrected chi connectivity index (χ1v) is 13.9. The molecule has 0 bridgehead atoms. The first-order valence-electron chi connectivity index (χ1n) is 13.9. The maximum atomic E-state index is 12.5. The molecule has 9 heteroatoms. The Balaban J connectivity index is 1.44. The lowest BCUT2D eigenvalue weighted by molar-refractivity contribution is 0.0332. The molecule has 0 aliphatic carbocycles. The molecular weight excluding hydrogens is 518 g/mol. The van der Waals surface area contributed by atoms with Crippen molar-refractivity contribution in [2.75, 3.05) is 39.4 Å². The van der Waals surface area contributed by atoms with Gasteiger partial charge in [0.15, 0.2) is 5.65 Å². The molecule has 1 aliphatic heterocycles. The summed E-state index contributed by atoms with van der Waals surface area (Å²) in [5, 5.41) is 10.2. The molecule has 210 valence electrons. The average Bonchev–Trinajstić information content (AvgIpc) is 3.64. The van der Waals surface area contributed by atoms with Gasteiger partial charge in [0.1, 0.15) is 5.76 Å². The van der Waals surface area contributed by atoms with Crippen LogP contribution in [0.15, 0.2) is 89.7 Å². The smallest absolute Gasteiger partial charge is 0.407 e. The Morgan fingerprint density at radius 3 is 2.37 bits per heavy atom. The van der Waals surface area contributed by atoms with E-state index in [9.17, 15) is 9.90 Å². The van der Waals surface area contributed by atoms with Gasteiger partial charge < -0.3 is 19.2 Å². The number of amides is 1. The summed E-state index contributed by atoms with van der Waals surface area (Å²) in [5.74, 6) is 0.769. The zero-order valence-electron chi connectivity index (χ0n) is 22.9. The standard InChI is InChI=1S/C32H33N5O4/c38-32(39)36(14-13-35-15-18-40-19-16-35)23-30-27(21-26-12-7-17-41-26)34-31-28(20-24-8-3-1-4-9-24)33-29(22-37(30)31)25-10-5-2-6-11-25/h1-12,17,22H,13-16,18-21,23H2,(H,38,39). The maximum absolute atomic E-state index is 12.5. The first kappa shape index (κ1) is 26.7. The van der Waals surface area contributed by atoms with E-state index in [1.165, 1.54) is 4.90 Å². The van der Waals surface area contributed by atoms with Crippen molar-refractivity contribution in [2.24, 2.45) is 0 Å². The molecule has 4 heterocycles. The number of fused-ring (bicyclic) bond motifs is 1. The number of furan rings is 1. The number of benzene rings is 2. The minimum atomic E-state index is -0.959. The van der Waals surface area contributed by atoms with Crippen LogP contribution in [0.25, 0.3) is 16.9 Å². The second-order valence-electron chi connectivity index (χ2n) is 10.2. The third-order valence-electron chi connectivity index (χ3n) is 7.46. The Hall–Kier alpha value is -4.47. The average molecular weight is 552 g/mol. The van der Waals surface area contributed by atoms with Crippen LogP contribution in [0.3, 0.4) is 0 Å². The van der Waals surface area contributed by atoms with Gasteiger partial charge in [-0.2, -0.15) is 0 Å². The fraction of sp³-hybridized carbons (Fsp3) is 0.281. The molecule has 2 aromatic carbocycles. The highest BCUT2D eigenvalue weighted by Gasteiger charge is 2.24. The van der Waals surface area contributed by atoms with Gasteiger partial charge in [-0.15, -0.1) is 0 Å². The minimum absolute atomic E-state index is 0.194. The molecule has 0 saturated carbocycles. The molecule has 0 spiro atoms. The van der Waals surface area contributed by atoms with E-state index in [2.05, 4.69) is 17.0 Å². The summed E-state index contributed by atoms with van der Waals surface area (Å²) >= 11 is 0. The summed E-state index contributed by atoms with van der Waals surface area (Å²) in [6.45, 7) is 4.19. The van der Waals surface area contributed by atoms with Crippen LogP contribution < -0.4 is 0 Å². The SMILES string of the molecule is O=C(O)N(CCN1CCOCC1)Cc1c(Cc2ccco2)nc2c(Cc3ccccc3)nc(-c3ccccc3)cn12. The van der Waals surface area contributed by atoms with Crippen LogP contribution in [-0.2, 0) is 24.1 Å². The lowest BCUT2D eigenvalue weighted by atomic mass is 10.1. The van der Waals surface area contributed by atoms with Gasteiger partial charge in [-0.25, -0.2) is 14.8 Å². The van der Waals surface area contributed by atoms with Crippen molar-refractivity contribution in [1.82, 2.24) is 24.2 Å². The topological polar surface area (TPSA) is 96.3 Å². The van der Waals surface area contributed by atoms with Crippen LogP contribution in [0.1, 0.15) is 28.4 Å². The predicted molar refractivity (Wildman–Crippen MR) is 155 cm³/mol. The third kappa shape index (κ3) is 6.32. The van der Waals surface area contributed by atoms with Crippen molar-refractivity contribution in [3.8, 4) is 11.3 Å². The van der Waals surface area contributed by atoms with Gasteiger partial charge in [0.25, 0.3) is 0 Å². The molecule has 1 fully saturated rings. The number of ether oxygens (including phenoxy) is 1. The summed E-state index contributed by atoms with van der Waals surface area (Å²) in [7, 11) is 0. The Morgan fingerprint density at radius 2 is 1.66 bits per heavy atom. The van der Waals surface area contributed by atoms with Crippen LogP contribution in [-0.4, -0.2) is 74.8 Å². The number of nitrogens with zero attached hydrogens (tertiary/aromatic N) is 5. The van der Waals surface area contributed by atoms with Gasteiger partial charge in [0.2, 0.25) is 0 Å². The van der Waals surface area contributed by atoms with Gasteiger partial charge in [0, 0.05) is 44.4 Å². The second kappa shape index (κ2) is 12.4. The number of aromatic nitrogens is 3. The summed E-state index contributed by atoms with van der Waals surface area (Å²) in [4.78, 5) is 26.4. The Labute approximate surface area is 238 Å². The third-order valence-corrected chi connectivity index (χ3v) is 7.46. The molecule has 1 aliphatic rings. The molecule has 1 amide bonds. The van der Waals surface area contributed by atoms with Crippen molar-refractivity contribution >= 4 is 11.7 Å². The second-order valence-corrected chi connectivity index (χ2v) is 10.2. The van der Waals surface area contributed by atoms with E-state index in [0.29, 0.717) is 39.1 Å². The Morgan fingerprint density at radius 1 is 0.902 bits per heavy atom. The largest absolute Gasteiger partial charge is 0.469 e. The van der Waals surface area contributed by atoms with Crippen molar-refractivity contribution in [3.05, 3.63) is 114 Å². The van der Waals surface area contributed by atoms with Crippen molar-refractivity contribution < 1.29 is 19.1 Å². The fourth-order valence-corrected chi connectivity index (χ4v) is 5.26. The fourth-order valence-electron chi connectivity index (χ4n) is 5.26. The van der Waals surface area contributed by atoms with E-state index < -0.39 is 6.09 Å². The van der Waals surface area contributed by atoms with Gasteiger partial charge >= 0.3 is 6.09 Å².